The molecule has 1 saturated heterocycles. The molecule has 3 aliphatic rings. The zero-order chi connectivity index (χ0) is 25.1. The quantitative estimate of drug-likeness (QED) is 0.547. The molecule has 3 aromatic rings. The van der Waals surface area contributed by atoms with Gasteiger partial charge in [-0.2, -0.15) is 0 Å². The van der Waals surface area contributed by atoms with E-state index in [9.17, 15) is 23.6 Å². The number of carbonyl (C=O) groups is 4. The Hall–Kier alpha value is -4.08. The van der Waals surface area contributed by atoms with Crippen LogP contribution < -0.4 is 10.6 Å². The lowest BCUT2D eigenvalue weighted by atomic mass is 9.93. The molecule has 2 fully saturated rings. The Kier molecular flexibility index (Phi) is 5.13. The number of hydrogen-bond acceptors (Lipinski definition) is 5. The lowest BCUT2D eigenvalue weighted by Gasteiger charge is -2.29. The zero-order valence-electron chi connectivity index (χ0n) is 19.6. The van der Waals surface area contributed by atoms with Crippen LogP contribution in [-0.4, -0.2) is 44.1 Å². The third-order valence-electron chi connectivity index (χ3n) is 7.55. The first kappa shape index (κ1) is 22.4. The Labute approximate surface area is 205 Å². The van der Waals surface area contributed by atoms with Gasteiger partial charge in [0.2, 0.25) is 11.8 Å². The van der Waals surface area contributed by atoms with Crippen molar-refractivity contribution in [2.75, 3.05) is 5.32 Å². The monoisotopic (exact) mass is 489 g/mol. The molecule has 4 heterocycles. The number of rotatable bonds is 4. The molecule has 2 aliphatic heterocycles. The first-order chi connectivity index (χ1) is 17.3. The highest BCUT2D eigenvalue weighted by Crippen LogP contribution is 2.36. The number of hydrogen-bond donors (Lipinski definition) is 2. The number of imide groups is 1. The Morgan fingerprint density at radius 3 is 2.72 bits per heavy atom. The molecular formula is C26H24FN5O4. The summed E-state index contributed by atoms with van der Waals surface area (Å²) in [5.41, 5.74) is 2.95. The highest BCUT2D eigenvalue weighted by Gasteiger charge is 2.39. The maximum absolute atomic E-state index is 14.8. The summed E-state index contributed by atoms with van der Waals surface area (Å²) in [4.78, 5) is 55.6. The van der Waals surface area contributed by atoms with Crippen molar-refractivity contribution in [3.8, 4) is 0 Å². The van der Waals surface area contributed by atoms with E-state index in [1.807, 2.05) is 4.57 Å². The maximum Gasteiger partial charge on any atom is 0.257 e. The Morgan fingerprint density at radius 1 is 1.19 bits per heavy atom. The van der Waals surface area contributed by atoms with Crippen LogP contribution in [0.4, 0.5) is 10.1 Å². The smallest absolute Gasteiger partial charge is 0.257 e. The largest absolute Gasteiger partial charge is 0.326 e. The average Bonchev–Trinajstić information content (AvgIpc) is 3.30. The molecule has 1 saturated carbocycles. The molecule has 4 amide bonds. The van der Waals surface area contributed by atoms with Gasteiger partial charge in [-0.05, 0) is 61.9 Å². The molecule has 10 heteroatoms. The summed E-state index contributed by atoms with van der Waals surface area (Å²) in [5.74, 6) is -1.91. The third-order valence-corrected chi connectivity index (χ3v) is 7.55. The van der Waals surface area contributed by atoms with Crippen molar-refractivity contribution in [2.45, 2.75) is 57.7 Å². The highest BCUT2D eigenvalue weighted by molar-refractivity contribution is 6.08. The highest BCUT2D eigenvalue weighted by atomic mass is 19.1. The third kappa shape index (κ3) is 3.47. The minimum absolute atomic E-state index is 0.181. The van der Waals surface area contributed by atoms with Crippen LogP contribution >= 0.6 is 0 Å². The molecular weight excluding hydrogens is 465 g/mol. The van der Waals surface area contributed by atoms with Crippen LogP contribution in [0.15, 0.2) is 30.6 Å². The molecule has 1 aromatic carbocycles. The minimum Gasteiger partial charge on any atom is -0.326 e. The number of amides is 4. The lowest BCUT2D eigenvalue weighted by molar-refractivity contribution is -0.136. The van der Waals surface area contributed by atoms with Gasteiger partial charge in [0.15, 0.2) is 5.82 Å². The van der Waals surface area contributed by atoms with E-state index in [2.05, 4.69) is 15.6 Å². The van der Waals surface area contributed by atoms with Crippen molar-refractivity contribution in [3.63, 3.8) is 0 Å². The zero-order valence-corrected chi connectivity index (χ0v) is 19.6. The number of pyridine rings is 1. The second-order valence-corrected chi connectivity index (χ2v) is 9.69. The van der Waals surface area contributed by atoms with Crippen molar-refractivity contribution in [1.29, 1.82) is 0 Å². The number of benzene rings is 1. The van der Waals surface area contributed by atoms with E-state index in [4.69, 9.17) is 0 Å². The fourth-order valence-electron chi connectivity index (χ4n) is 5.34. The fourth-order valence-corrected chi connectivity index (χ4v) is 5.34. The molecule has 2 N–H and O–H groups in total. The molecule has 1 atom stereocenters. The Bertz CT molecular complexity index is 1470. The van der Waals surface area contributed by atoms with Crippen molar-refractivity contribution < 1.29 is 23.6 Å². The first-order valence-corrected chi connectivity index (χ1v) is 12.1. The number of nitrogens with one attached hydrogen (secondary N) is 2. The molecule has 9 nitrogen and oxygen atoms in total. The van der Waals surface area contributed by atoms with Gasteiger partial charge in [0, 0.05) is 42.7 Å². The predicted octanol–water partition coefficient (Wildman–Crippen LogP) is 3.22. The fraction of sp³-hybridized carbons (Fsp3) is 0.346. The van der Waals surface area contributed by atoms with E-state index in [1.165, 1.54) is 17.3 Å². The van der Waals surface area contributed by atoms with Crippen molar-refractivity contribution >= 4 is 40.3 Å². The van der Waals surface area contributed by atoms with E-state index in [0.717, 1.165) is 19.3 Å². The summed E-state index contributed by atoms with van der Waals surface area (Å²) in [5, 5.41) is 5.46. The van der Waals surface area contributed by atoms with Crippen LogP contribution in [0.1, 0.15) is 70.0 Å². The number of anilines is 1. The molecule has 0 radical (unpaired) electrons. The number of aromatic nitrogens is 2. The predicted molar refractivity (Wildman–Crippen MR) is 128 cm³/mol. The van der Waals surface area contributed by atoms with Gasteiger partial charge < -0.3 is 14.8 Å². The second-order valence-electron chi connectivity index (χ2n) is 9.69. The number of halogens is 1. The van der Waals surface area contributed by atoms with E-state index < -0.39 is 17.9 Å². The molecule has 184 valence electrons. The van der Waals surface area contributed by atoms with Gasteiger partial charge in [0.1, 0.15) is 11.7 Å². The van der Waals surface area contributed by atoms with Gasteiger partial charge in [-0.25, -0.2) is 9.37 Å². The number of aryl methyl sites for hydroxylation is 1. The summed E-state index contributed by atoms with van der Waals surface area (Å²) in [7, 11) is 0. The molecule has 1 unspecified atom stereocenters. The normalized spacial score (nSPS) is 19.9. The molecule has 0 spiro atoms. The molecule has 36 heavy (non-hydrogen) atoms. The summed E-state index contributed by atoms with van der Waals surface area (Å²) in [6.45, 7) is 1.92. The minimum atomic E-state index is -0.705. The van der Waals surface area contributed by atoms with Crippen molar-refractivity contribution in [1.82, 2.24) is 19.8 Å². The second kappa shape index (κ2) is 8.25. The van der Waals surface area contributed by atoms with Gasteiger partial charge in [-0.15, -0.1) is 0 Å². The first-order valence-electron chi connectivity index (χ1n) is 12.1. The molecule has 2 aromatic heterocycles. The number of carbonyl (C=O) groups excluding carboxylic acids is 4. The van der Waals surface area contributed by atoms with Gasteiger partial charge in [-0.3, -0.25) is 24.5 Å². The summed E-state index contributed by atoms with van der Waals surface area (Å²) < 4.78 is 16.7. The number of fused-ring (bicyclic) bond motifs is 2. The molecule has 6 rings (SSSR count). The lowest BCUT2D eigenvalue weighted by Crippen LogP contribution is -2.52. The Balaban J connectivity index is 1.23. The maximum atomic E-state index is 14.8. The Morgan fingerprint density at radius 2 is 2.00 bits per heavy atom. The van der Waals surface area contributed by atoms with Gasteiger partial charge in [-0.1, -0.05) is 0 Å². The van der Waals surface area contributed by atoms with E-state index in [0.29, 0.717) is 33.4 Å². The van der Waals surface area contributed by atoms with Crippen LogP contribution in [0.25, 0.3) is 11.0 Å². The van der Waals surface area contributed by atoms with Crippen LogP contribution in [0.5, 0.6) is 0 Å². The van der Waals surface area contributed by atoms with Gasteiger partial charge >= 0.3 is 0 Å². The van der Waals surface area contributed by atoms with Gasteiger partial charge in [0.25, 0.3) is 11.8 Å². The van der Waals surface area contributed by atoms with Crippen LogP contribution in [0, 0.1) is 12.7 Å². The van der Waals surface area contributed by atoms with Gasteiger partial charge in [0.05, 0.1) is 10.9 Å². The van der Waals surface area contributed by atoms with E-state index >= 15 is 0 Å². The van der Waals surface area contributed by atoms with Crippen LogP contribution in [-0.2, 0) is 16.1 Å². The number of nitrogens with zero attached hydrogens (tertiary/aromatic N) is 3. The summed E-state index contributed by atoms with van der Waals surface area (Å²) in [6, 6.07) is 4.48. The standard InChI is InChI=1S/C26H24FN5O4/c1-13-18(10-28-23-22(13)19(27)12-31(23)16-3-2-4-16)24(34)29-15-5-6-17-14(9-15)11-32(26(17)36)20-7-8-21(33)30-25(20)35/h5-6,9-10,12,16,20H,2-4,7-8,11H2,1H3,(H,29,34)(H,30,33,35). The topological polar surface area (TPSA) is 113 Å². The SMILES string of the molecule is Cc1c(C(=O)Nc2ccc3c(c2)CN(C2CCC(=O)NC2=O)C3=O)cnc2c1c(F)cn2C1CCC1. The summed E-state index contributed by atoms with van der Waals surface area (Å²) >= 11 is 0. The average molecular weight is 490 g/mol. The molecule has 1 aliphatic carbocycles. The molecule has 0 bridgehead atoms. The summed E-state index contributed by atoms with van der Waals surface area (Å²) in [6.07, 6.45) is 6.51. The van der Waals surface area contributed by atoms with Crippen LogP contribution in [0.2, 0.25) is 0 Å². The van der Waals surface area contributed by atoms with E-state index in [1.54, 1.807) is 25.1 Å². The van der Waals surface area contributed by atoms with Crippen molar-refractivity contribution in [3.05, 3.63) is 58.7 Å². The van der Waals surface area contributed by atoms with Crippen molar-refractivity contribution in [2.24, 2.45) is 0 Å². The van der Waals surface area contributed by atoms with E-state index in [-0.39, 0.29) is 48.6 Å². The number of piperidine rings is 1. The van der Waals surface area contributed by atoms with Crippen LogP contribution in [0.3, 0.4) is 0 Å².